The first kappa shape index (κ1) is 14.8. The van der Waals surface area contributed by atoms with Crippen molar-refractivity contribution in [2.75, 3.05) is 6.54 Å². The highest BCUT2D eigenvalue weighted by Crippen LogP contribution is 2.08. The maximum Gasteiger partial charge on any atom is 0.220 e. The summed E-state index contributed by atoms with van der Waals surface area (Å²) in [6.45, 7) is 0.303. The number of nitrogens with one attached hydrogen (secondary N) is 1. The van der Waals surface area contributed by atoms with Gasteiger partial charge >= 0.3 is 0 Å². The lowest BCUT2D eigenvalue weighted by molar-refractivity contribution is -0.121. The molecule has 1 unspecified atom stereocenters. The predicted octanol–water partition coefficient (Wildman–Crippen LogP) is 2.40. The van der Waals surface area contributed by atoms with Crippen LogP contribution in [0.3, 0.4) is 0 Å². The minimum Gasteiger partial charge on any atom is -0.391 e. The zero-order valence-electron chi connectivity index (χ0n) is 11.3. The van der Waals surface area contributed by atoms with Crippen molar-refractivity contribution in [2.45, 2.75) is 25.4 Å². The Balaban J connectivity index is 1.65. The van der Waals surface area contributed by atoms with E-state index in [1.54, 1.807) is 11.3 Å². The Morgan fingerprint density at radius 2 is 2.00 bits per heavy atom. The molecule has 0 spiro atoms. The van der Waals surface area contributed by atoms with E-state index in [2.05, 4.69) is 10.7 Å². The van der Waals surface area contributed by atoms with Crippen LogP contribution < -0.4 is 5.32 Å². The van der Waals surface area contributed by atoms with E-state index < -0.39 is 6.10 Å². The van der Waals surface area contributed by atoms with Crippen molar-refractivity contribution in [2.24, 2.45) is 0 Å². The molecule has 1 amide bonds. The number of amides is 1. The molecule has 0 fully saturated rings. The highest BCUT2D eigenvalue weighted by Gasteiger charge is 2.08. The van der Waals surface area contributed by atoms with Crippen LogP contribution in [0.15, 0.2) is 47.2 Å². The number of carbonyl (C=O) groups excluding carboxylic acids is 1. The Bertz CT molecular complexity index is 511. The molecule has 1 heterocycles. The molecular weight excluding hydrogens is 270 g/mol. The van der Waals surface area contributed by atoms with Crippen molar-refractivity contribution in [3.63, 3.8) is 0 Å². The van der Waals surface area contributed by atoms with Crippen LogP contribution in [0.5, 0.6) is 0 Å². The molecule has 0 saturated carbocycles. The number of thiophene rings is 1. The van der Waals surface area contributed by atoms with Crippen molar-refractivity contribution >= 4 is 17.2 Å². The summed E-state index contributed by atoms with van der Waals surface area (Å²) in [6.07, 6.45) is 1.24. The van der Waals surface area contributed by atoms with Crippen LogP contribution >= 0.6 is 11.3 Å². The lowest BCUT2D eigenvalue weighted by Crippen LogP contribution is -2.33. The van der Waals surface area contributed by atoms with Crippen LogP contribution in [0.1, 0.15) is 17.5 Å². The van der Waals surface area contributed by atoms with E-state index in [0.29, 0.717) is 19.4 Å². The fraction of sp³-hybridized carbons (Fsp3) is 0.312. The van der Waals surface area contributed by atoms with E-state index in [4.69, 9.17) is 0 Å². The first-order valence-electron chi connectivity index (χ1n) is 6.74. The van der Waals surface area contributed by atoms with E-state index >= 15 is 0 Å². The molecule has 0 saturated heterocycles. The Morgan fingerprint density at radius 3 is 2.70 bits per heavy atom. The minimum absolute atomic E-state index is 0.0108. The fourth-order valence-electron chi connectivity index (χ4n) is 1.97. The van der Waals surface area contributed by atoms with Crippen LogP contribution in [-0.4, -0.2) is 23.7 Å². The van der Waals surface area contributed by atoms with Gasteiger partial charge in [-0.1, -0.05) is 30.3 Å². The normalized spacial score (nSPS) is 12.1. The van der Waals surface area contributed by atoms with Gasteiger partial charge in [0.15, 0.2) is 0 Å². The summed E-state index contributed by atoms with van der Waals surface area (Å²) in [7, 11) is 0. The number of aliphatic hydroxyl groups is 1. The van der Waals surface area contributed by atoms with Gasteiger partial charge in [0.2, 0.25) is 5.91 Å². The first-order chi connectivity index (χ1) is 9.74. The minimum atomic E-state index is -0.539. The third-order valence-corrected chi connectivity index (χ3v) is 3.80. The smallest absolute Gasteiger partial charge is 0.220 e. The maximum atomic E-state index is 11.7. The largest absolute Gasteiger partial charge is 0.391 e. The predicted molar refractivity (Wildman–Crippen MR) is 81.8 cm³/mol. The molecule has 0 aliphatic heterocycles. The van der Waals surface area contributed by atoms with Gasteiger partial charge in [-0.25, -0.2) is 0 Å². The quantitative estimate of drug-likeness (QED) is 0.822. The average molecular weight is 289 g/mol. The SMILES string of the molecule is O=C(CCc1ccsc1)NCC(O)Cc1ccccc1. The van der Waals surface area contributed by atoms with Gasteiger partial charge in [0.25, 0.3) is 0 Å². The van der Waals surface area contributed by atoms with Gasteiger partial charge in [-0.2, -0.15) is 11.3 Å². The topological polar surface area (TPSA) is 49.3 Å². The third kappa shape index (κ3) is 5.15. The number of rotatable bonds is 7. The van der Waals surface area contributed by atoms with Gasteiger partial charge in [0.05, 0.1) is 6.10 Å². The van der Waals surface area contributed by atoms with Crippen molar-refractivity contribution in [1.29, 1.82) is 0 Å². The summed E-state index contributed by atoms with van der Waals surface area (Å²) in [6, 6.07) is 11.8. The van der Waals surface area contributed by atoms with Crippen LogP contribution in [0.2, 0.25) is 0 Å². The molecule has 3 nitrogen and oxygen atoms in total. The molecule has 1 atom stereocenters. The summed E-state index contributed by atoms with van der Waals surface area (Å²) in [4.78, 5) is 11.7. The molecule has 0 radical (unpaired) electrons. The monoisotopic (exact) mass is 289 g/mol. The molecule has 4 heteroatoms. The molecule has 2 N–H and O–H groups in total. The summed E-state index contributed by atoms with van der Waals surface area (Å²) < 4.78 is 0. The van der Waals surface area contributed by atoms with Crippen LogP contribution in [-0.2, 0) is 17.6 Å². The van der Waals surface area contributed by atoms with Crippen LogP contribution in [0, 0.1) is 0 Å². The van der Waals surface area contributed by atoms with Crippen LogP contribution in [0.25, 0.3) is 0 Å². The fourth-order valence-corrected chi connectivity index (χ4v) is 2.67. The number of hydrogen-bond acceptors (Lipinski definition) is 3. The molecule has 20 heavy (non-hydrogen) atoms. The Kier molecular flexibility index (Phi) is 5.77. The van der Waals surface area contributed by atoms with E-state index in [0.717, 1.165) is 12.0 Å². The summed E-state index contributed by atoms with van der Waals surface area (Å²) in [5.74, 6) is -0.0108. The highest BCUT2D eigenvalue weighted by molar-refractivity contribution is 7.07. The molecule has 1 aromatic carbocycles. The molecule has 0 aliphatic rings. The van der Waals surface area contributed by atoms with E-state index in [-0.39, 0.29) is 5.91 Å². The van der Waals surface area contributed by atoms with Crippen molar-refractivity contribution in [1.82, 2.24) is 5.32 Å². The van der Waals surface area contributed by atoms with E-state index in [9.17, 15) is 9.90 Å². The van der Waals surface area contributed by atoms with Crippen molar-refractivity contribution in [3.8, 4) is 0 Å². The van der Waals surface area contributed by atoms with Gasteiger partial charge in [0, 0.05) is 19.4 Å². The second-order valence-corrected chi connectivity index (χ2v) is 5.56. The number of hydrogen-bond donors (Lipinski definition) is 2. The zero-order valence-corrected chi connectivity index (χ0v) is 12.1. The van der Waals surface area contributed by atoms with Gasteiger partial charge in [-0.3, -0.25) is 4.79 Å². The standard InChI is InChI=1S/C16H19NO2S/c18-15(10-13-4-2-1-3-5-13)11-17-16(19)7-6-14-8-9-20-12-14/h1-5,8-9,12,15,18H,6-7,10-11H2,(H,17,19). The average Bonchev–Trinajstić information content (AvgIpc) is 2.97. The van der Waals surface area contributed by atoms with E-state index in [1.807, 2.05) is 41.8 Å². The summed E-state index contributed by atoms with van der Waals surface area (Å²) in [5, 5.41) is 16.7. The lowest BCUT2D eigenvalue weighted by Gasteiger charge is -2.12. The Labute approximate surface area is 123 Å². The number of carbonyl (C=O) groups is 1. The number of aliphatic hydroxyl groups excluding tert-OH is 1. The summed E-state index contributed by atoms with van der Waals surface area (Å²) >= 11 is 1.64. The molecule has 1 aromatic heterocycles. The van der Waals surface area contributed by atoms with Gasteiger partial charge in [-0.15, -0.1) is 0 Å². The second-order valence-electron chi connectivity index (χ2n) is 4.78. The zero-order chi connectivity index (χ0) is 14.2. The molecule has 2 aromatic rings. The number of aryl methyl sites for hydroxylation is 1. The molecular formula is C16H19NO2S. The van der Waals surface area contributed by atoms with Crippen molar-refractivity contribution in [3.05, 3.63) is 58.3 Å². The Morgan fingerprint density at radius 1 is 1.20 bits per heavy atom. The lowest BCUT2D eigenvalue weighted by atomic mass is 10.1. The molecule has 0 bridgehead atoms. The Hall–Kier alpha value is -1.65. The van der Waals surface area contributed by atoms with E-state index in [1.165, 1.54) is 5.56 Å². The molecule has 106 valence electrons. The van der Waals surface area contributed by atoms with Gasteiger partial charge < -0.3 is 10.4 Å². The molecule has 2 rings (SSSR count). The maximum absolute atomic E-state index is 11.7. The highest BCUT2D eigenvalue weighted by atomic mass is 32.1. The van der Waals surface area contributed by atoms with Crippen molar-refractivity contribution < 1.29 is 9.90 Å². The van der Waals surface area contributed by atoms with Gasteiger partial charge in [-0.05, 0) is 34.4 Å². The van der Waals surface area contributed by atoms with Crippen LogP contribution in [0.4, 0.5) is 0 Å². The first-order valence-corrected chi connectivity index (χ1v) is 7.68. The number of benzene rings is 1. The molecule has 0 aliphatic carbocycles. The second kappa shape index (κ2) is 7.82. The summed E-state index contributed by atoms with van der Waals surface area (Å²) in [5.41, 5.74) is 2.27. The third-order valence-electron chi connectivity index (χ3n) is 3.07. The van der Waals surface area contributed by atoms with Gasteiger partial charge in [0.1, 0.15) is 0 Å².